The van der Waals surface area contributed by atoms with Crippen LogP contribution < -0.4 is 4.74 Å². The predicted octanol–water partition coefficient (Wildman–Crippen LogP) is 3.85. The smallest absolute Gasteiger partial charge is 0.407 e. The van der Waals surface area contributed by atoms with Crippen LogP contribution in [0.1, 0.15) is 16.7 Å². The molecule has 0 saturated carbocycles. The second-order valence-corrected chi connectivity index (χ2v) is 6.20. The lowest BCUT2D eigenvalue weighted by Crippen LogP contribution is -2.34. The fourth-order valence-electron chi connectivity index (χ4n) is 3.17. The average molecular weight is 334 g/mol. The Morgan fingerprint density at radius 2 is 2.08 bits per heavy atom. The topological polar surface area (TPSA) is 62.7 Å². The van der Waals surface area contributed by atoms with Crippen LogP contribution in [0.25, 0.3) is 10.9 Å². The molecule has 1 amide bonds. The number of rotatable bonds is 3. The maximum atomic E-state index is 11.2. The summed E-state index contributed by atoms with van der Waals surface area (Å²) in [6.45, 7) is 1.43. The van der Waals surface area contributed by atoms with E-state index in [1.165, 1.54) is 10.5 Å². The van der Waals surface area contributed by atoms with Crippen molar-refractivity contribution in [2.24, 2.45) is 0 Å². The van der Waals surface area contributed by atoms with Gasteiger partial charge in [-0.2, -0.15) is 0 Å². The van der Waals surface area contributed by atoms with Gasteiger partial charge in [0.25, 0.3) is 0 Å². The number of carboxylic acid groups (broad SMARTS) is 1. The molecule has 4 rings (SSSR count). The van der Waals surface area contributed by atoms with Crippen LogP contribution in [-0.2, 0) is 19.6 Å². The molecular formula is C20H18N2O3. The fraction of sp³-hybridized carbons (Fsp3) is 0.200. The van der Waals surface area contributed by atoms with Gasteiger partial charge in [-0.1, -0.05) is 18.2 Å². The van der Waals surface area contributed by atoms with Crippen molar-refractivity contribution in [3.05, 3.63) is 71.4 Å². The minimum atomic E-state index is -0.873. The van der Waals surface area contributed by atoms with E-state index in [9.17, 15) is 4.79 Å². The third kappa shape index (κ3) is 3.26. The largest absolute Gasteiger partial charge is 0.489 e. The first-order valence-electron chi connectivity index (χ1n) is 8.25. The lowest BCUT2D eigenvalue weighted by molar-refractivity contribution is 0.140. The number of ether oxygens (including phenoxy) is 1. The third-order valence-electron chi connectivity index (χ3n) is 4.53. The summed E-state index contributed by atoms with van der Waals surface area (Å²) in [4.78, 5) is 16.9. The van der Waals surface area contributed by atoms with Crippen molar-refractivity contribution in [3.8, 4) is 5.75 Å². The molecule has 0 aliphatic carbocycles. The van der Waals surface area contributed by atoms with Crippen molar-refractivity contribution in [2.45, 2.75) is 19.6 Å². The van der Waals surface area contributed by atoms with Crippen LogP contribution in [0.4, 0.5) is 4.79 Å². The van der Waals surface area contributed by atoms with Crippen molar-refractivity contribution in [1.29, 1.82) is 0 Å². The van der Waals surface area contributed by atoms with Crippen molar-refractivity contribution in [1.82, 2.24) is 9.88 Å². The number of aromatic nitrogens is 1. The Bertz CT molecular complexity index is 939. The van der Waals surface area contributed by atoms with Crippen LogP contribution >= 0.6 is 0 Å². The first-order chi connectivity index (χ1) is 12.2. The normalized spacial score (nSPS) is 13.5. The third-order valence-corrected chi connectivity index (χ3v) is 4.53. The van der Waals surface area contributed by atoms with Crippen LogP contribution in [0, 0.1) is 0 Å². The SMILES string of the molecule is O=C(O)N1CCc2ccc(OCc3ccc4ncccc4c3)cc2C1. The Balaban J connectivity index is 1.49. The van der Waals surface area contributed by atoms with E-state index < -0.39 is 6.09 Å². The van der Waals surface area contributed by atoms with Crippen LogP contribution in [0.3, 0.4) is 0 Å². The molecule has 1 N–H and O–H groups in total. The van der Waals surface area contributed by atoms with Gasteiger partial charge in [-0.3, -0.25) is 4.98 Å². The van der Waals surface area contributed by atoms with E-state index in [-0.39, 0.29) is 0 Å². The number of nitrogens with zero attached hydrogens (tertiary/aromatic N) is 2. The second-order valence-electron chi connectivity index (χ2n) is 6.20. The van der Waals surface area contributed by atoms with Gasteiger partial charge in [0.2, 0.25) is 0 Å². The summed E-state index contributed by atoms with van der Waals surface area (Å²) in [5.41, 5.74) is 4.26. The molecule has 0 fully saturated rings. The molecule has 0 bridgehead atoms. The van der Waals surface area contributed by atoms with E-state index in [1.807, 2.05) is 42.5 Å². The summed E-state index contributed by atoms with van der Waals surface area (Å²) >= 11 is 0. The van der Waals surface area contributed by atoms with Gasteiger partial charge in [-0.25, -0.2) is 4.79 Å². The van der Waals surface area contributed by atoms with E-state index in [4.69, 9.17) is 9.84 Å². The van der Waals surface area contributed by atoms with Gasteiger partial charge in [0.05, 0.1) is 5.52 Å². The highest BCUT2D eigenvalue weighted by Crippen LogP contribution is 2.25. The first-order valence-corrected chi connectivity index (χ1v) is 8.25. The van der Waals surface area contributed by atoms with Crippen LogP contribution in [0.15, 0.2) is 54.7 Å². The van der Waals surface area contributed by atoms with Gasteiger partial charge in [0.15, 0.2) is 0 Å². The lowest BCUT2D eigenvalue weighted by Gasteiger charge is -2.26. The van der Waals surface area contributed by atoms with E-state index in [0.29, 0.717) is 19.7 Å². The van der Waals surface area contributed by atoms with Crippen molar-refractivity contribution >= 4 is 17.0 Å². The summed E-state index contributed by atoms with van der Waals surface area (Å²) in [6, 6.07) is 16.0. The molecule has 5 nitrogen and oxygen atoms in total. The van der Waals surface area contributed by atoms with Crippen LogP contribution in [0.5, 0.6) is 5.75 Å². The molecule has 0 unspecified atom stereocenters. The highest BCUT2D eigenvalue weighted by molar-refractivity contribution is 5.78. The standard InChI is InChI=1S/C20H18N2O3/c23-20(24)22-9-7-15-4-5-18(11-17(15)12-22)25-13-14-3-6-19-16(10-14)2-1-8-21-19/h1-6,8,10-11H,7,9,12-13H2,(H,23,24). The molecule has 25 heavy (non-hydrogen) atoms. The summed E-state index contributed by atoms with van der Waals surface area (Å²) in [7, 11) is 0. The average Bonchev–Trinajstić information content (AvgIpc) is 2.65. The predicted molar refractivity (Wildman–Crippen MR) is 94.7 cm³/mol. The molecule has 0 atom stereocenters. The number of hydrogen-bond acceptors (Lipinski definition) is 3. The lowest BCUT2D eigenvalue weighted by atomic mass is 10.00. The zero-order chi connectivity index (χ0) is 17.2. The Labute approximate surface area is 145 Å². The Hall–Kier alpha value is -3.08. The van der Waals surface area contributed by atoms with E-state index >= 15 is 0 Å². The second kappa shape index (κ2) is 6.43. The number of amides is 1. The summed E-state index contributed by atoms with van der Waals surface area (Å²) in [6.07, 6.45) is 1.66. The fourth-order valence-corrected chi connectivity index (χ4v) is 3.17. The summed E-state index contributed by atoms with van der Waals surface area (Å²) in [5.74, 6) is 0.761. The van der Waals surface area contributed by atoms with Crippen molar-refractivity contribution in [3.63, 3.8) is 0 Å². The molecule has 2 aromatic carbocycles. The minimum Gasteiger partial charge on any atom is -0.489 e. The van der Waals surface area contributed by atoms with E-state index in [1.54, 1.807) is 6.20 Å². The van der Waals surface area contributed by atoms with E-state index in [0.717, 1.165) is 34.2 Å². The monoisotopic (exact) mass is 334 g/mol. The van der Waals surface area contributed by atoms with Crippen molar-refractivity contribution < 1.29 is 14.6 Å². The molecule has 1 aromatic heterocycles. The van der Waals surface area contributed by atoms with Gasteiger partial charge < -0.3 is 14.7 Å². The molecule has 3 aromatic rings. The summed E-state index contributed by atoms with van der Waals surface area (Å²) in [5, 5.41) is 10.3. The quantitative estimate of drug-likeness (QED) is 0.790. The van der Waals surface area contributed by atoms with Crippen LogP contribution in [-0.4, -0.2) is 27.6 Å². The highest BCUT2D eigenvalue weighted by atomic mass is 16.5. The number of benzene rings is 2. The highest BCUT2D eigenvalue weighted by Gasteiger charge is 2.20. The zero-order valence-corrected chi connectivity index (χ0v) is 13.7. The van der Waals surface area contributed by atoms with Gasteiger partial charge in [-0.05, 0) is 53.4 Å². The Morgan fingerprint density at radius 3 is 2.96 bits per heavy atom. The molecule has 1 aliphatic rings. The molecule has 2 heterocycles. The molecule has 1 aliphatic heterocycles. The number of pyridine rings is 1. The first kappa shape index (κ1) is 15.4. The zero-order valence-electron chi connectivity index (χ0n) is 13.7. The Kier molecular flexibility index (Phi) is 3.98. The van der Waals surface area contributed by atoms with E-state index in [2.05, 4.69) is 11.1 Å². The van der Waals surface area contributed by atoms with Crippen molar-refractivity contribution in [2.75, 3.05) is 6.54 Å². The minimum absolute atomic E-state index is 0.420. The van der Waals surface area contributed by atoms with Gasteiger partial charge in [-0.15, -0.1) is 0 Å². The molecule has 126 valence electrons. The molecule has 5 heteroatoms. The molecular weight excluding hydrogens is 316 g/mol. The molecule has 0 spiro atoms. The number of hydrogen-bond donors (Lipinski definition) is 1. The molecule has 0 radical (unpaired) electrons. The summed E-state index contributed by atoms with van der Waals surface area (Å²) < 4.78 is 5.92. The van der Waals surface area contributed by atoms with Gasteiger partial charge in [0, 0.05) is 24.7 Å². The molecule has 0 saturated heterocycles. The maximum absolute atomic E-state index is 11.2. The van der Waals surface area contributed by atoms with Crippen LogP contribution in [0.2, 0.25) is 0 Å². The number of carbonyl (C=O) groups is 1. The van der Waals surface area contributed by atoms with Gasteiger partial charge >= 0.3 is 6.09 Å². The maximum Gasteiger partial charge on any atom is 0.407 e. The Morgan fingerprint density at radius 1 is 1.16 bits per heavy atom. The number of fused-ring (bicyclic) bond motifs is 2. The van der Waals surface area contributed by atoms with Gasteiger partial charge in [0.1, 0.15) is 12.4 Å².